The summed E-state index contributed by atoms with van der Waals surface area (Å²) < 4.78 is 0. The van der Waals surface area contributed by atoms with Gasteiger partial charge in [0.15, 0.2) is 6.10 Å². The van der Waals surface area contributed by atoms with Crippen molar-refractivity contribution < 1.29 is 19.2 Å². The van der Waals surface area contributed by atoms with Crippen LogP contribution in [0.15, 0.2) is 78.9 Å². The van der Waals surface area contributed by atoms with E-state index < -0.39 is 24.0 Å². The van der Waals surface area contributed by atoms with E-state index in [1.807, 2.05) is 42.5 Å². The van der Waals surface area contributed by atoms with Crippen molar-refractivity contribution in [2.45, 2.75) is 19.1 Å². The van der Waals surface area contributed by atoms with Crippen molar-refractivity contribution >= 4 is 46.4 Å². The smallest absolute Gasteiger partial charge is 0.266 e. The summed E-state index contributed by atoms with van der Waals surface area (Å²) in [6, 6.07) is 22.7. The molecule has 2 saturated heterocycles. The number of carbonyl (C=O) groups excluding carboxylic acids is 3. The average Bonchev–Trinajstić information content (AvgIpc) is 3.31. The van der Waals surface area contributed by atoms with Gasteiger partial charge in [0, 0.05) is 12.6 Å². The van der Waals surface area contributed by atoms with Gasteiger partial charge in [0.2, 0.25) is 11.8 Å². The zero-order valence-corrected chi connectivity index (χ0v) is 18.4. The Morgan fingerprint density at radius 3 is 2.24 bits per heavy atom. The van der Waals surface area contributed by atoms with Gasteiger partial charge in [-0.3, -0.25) is 19.2 Å². The summed E-state index contributed by atoms with van der Waals surface area (Å²) in [5.41, 5.74) is 2.49. The summed E-state index contributed by atoms with van der Waals surface area (Å²) in [5, 5.41) is 4.68. The van der Waals surface area contributed by atoms with Gasteiger partial charge in [-0.1, -0.05) is 54.1 Å². The average molecular weight is 462 g/mol. The Labute approximate surface area is 195 Å². The molecule has 1 N–H and O–H groups in total. The number of hydrogen-bond donors (Lipinski definition) is 1. The number of amides is 3. The van der Waals surface area contributed by atoms with Crippen LogP contribution in [-0.2, 0) is 19.2 Å². The molecule has 7 nitrogen and oxygen atoms in total. The molecule has 8 heteroatoms. The number of hydroxylamine groups is 1. The van der Waals surface area contributed by atoms with Gasteiger partial charge in [-0.25, -0.2) is 9.96 Å². The molecule has 3 amide bonds. The van der Waals surface area contributed by atoms with E-state index in [9.17, 15) is 14.4 Å². The van der Waals surface area contributed by atoms with Gasteiger partial charge < -0.3 is 5.32 Å². The maximum atomic E-state index is 13.6. The molecule has 33 heavy (non-hydrogen) atoms. The van der Waals surface area contributed by atoms with Crippen LogP contribution in [0.2, 0.25) is 5.02 Å². The number of imide groups is 1. The Hall–Kier alpha value is -3.68. The van der Waals surface area contributed by atoms with Gasteiger partial charge in [-0.2, -0.15) is 0 Å². The van der Waals surface area contributed by atoms with Gasteiger partial charge in [0.1, 0.15) is 5.92 Å². The van der Waals surface area contributed by atoms with E-state index in [-0.39, 0.29) is 11.8 Å². The SMILES string of the molecule is CC(=O)Nc1ccc([C@@H]2[C@@H]3C(=O)N(c4ccccc4Cl)C(=O)[C@H]3ON2c2ccccc2)cc1. The van der Waals surface area contributed by atoms with Crippen LogP contribution in [0.25, 0.3) is 0 Å². The molecule has 5 rings (SSSR count). The first-order valence-corrected chi connectivity index (χ1v) is 10.8. The number of hydrogen-bond acceptors (Lipinski definition) is 5. The first-order chi connectivity index (χ1) is 16.0. The molecule has 2 aliphatic heterocycles. The molecule has 166 valence electrons. The van der Waals surface area contributed by atoms with Crippen LogP contribution in [0.3, 0.4) is 0 Å². The number of para-hydroxylation sites is 2. The van der Waals surface area contributed by atoms with Crippen LogP contribution in [0.1, 0.15) is 18.5 Å². The van der Waals surface area contributed by atoms with Crippen molar-refractivity contribution in [2.24, 2.45) is 5.92 Å². The fourth-order valence-electron chi connectivity index (χ4n) is 4.39. The molecule has 0 bridgehead atoms. The molecule has 0 spiro atoms. The highest BCUT2D eigenvalue weighted by Crippen LogP contribution is 2.48. The van der Waals surface area contributed by atoms with Crippen LogP contribution in [0.5, 0.6) is 0 Å². The highest BCUT2D eigenvalue weighted by Gasteiger charge is 2.60. The molecule has 0 saturated carbocycles. The number of carbonyl (C=O) groups is 3. The number of nitrogens with zero attached hydrogens (tertiary/aromatic N) is 2. The van der Waals surface area contributed by atoms with E-state index in [2.05, 4.69) is 5.32 Å². The van der Waals surface area contributed by atoms with E-state index in [4.69, 9.17) is 16.4 Å². The van der Waals surface area contributed by atoms with Gasteiger partial charge in [-0.15, -0.1) is 0 Å². The second-order valence-electron chi connectivity index (χ2n) is 7.92. The van der Waals surface area contributed by atoms with Gasteiger partial charge >= 0.3 is 0 Å². The molecule has 3 aromatic carbocycles. The third kappa shape index (κ3) is 3.65. The zero-order chi connectivity index (χ0) is 23.1. The highest BCUT2D eigenvalue weighted by molar-refractivity contribution is 6.36. The largest absolute Gasteiger partial charge is 0.326 e. The van der Waals surface area contributed by atoms with Crippen molar-refractivity contribution in [1.82, 2.24) is 0 Å². The molecule has 0 unspecified atom stereocenters. The monoisotopic (exact) mass is 461 g/mol. The number of anilines is 3. The predicted molar refractivity (Wildman–Crippen MR) is 125 cm³/mol. The van der Waals surface area contributed by atoms with E-state index >= 15 is 0 Å². The molecule has 3 atom stereocenters. The third-order valence-corrected chi connectivity index (χ3v) is 6.11. The van der Waals surface area contributed by atoms with Crippen molar-refractivity contribution in [1.29, 1.82) is 0 Å². The number of benzene rings is 3. The Balaban J connectivity index is 1.56. The normalized spacial score (nSPS) is 21.9. The number of rotatable bonds is 4. The first-order valence-electron chi connectivity index (χ1n) is 10.5. The van der Waals surface area contributed by atoms with Crippen molar-refractivity contribution in [3.05, 3.63) is 89.4 Å². The molecule has 0 radical (unpaired) electrons. The highest BCUT2D eigenvalue weighted by atomic mass is 35.5. The lowest BCUT2D eigenvalue weighted by Crippen LogP contribution is -2.37. The summed E-state index contributed by atoms with van der Waals surface area (Å²) in [5.74, 6) is -1.76. The Morgan fingerprint density at radius 1 is 0.909 bits per heavy atom. The van der Waals surface area contributed by atoms with Gasteiger partial charge in [0.05, 0.1) is 22.4 Å². The maximum absolute atomic E-state index is 13.6. The molecular weight excluding hydrogens is 442 g/mol. The van der Waals surface area contributed by atoms with E-state index in [0.29, 0.717) is 16.4 Å². The molecule has 3 aromatic rings. The minimum atomic E-state index is -0.978. The summed E-state index contributed by atoms with van der Waals surface area (Å²) in [4.78, 5) is 45.6. The summed E-state index contributed by atoms with van der Waals surface area (Å²) >= 11 is 6.30. The van der Waals surface area contributed by atoms with Crippen LogP contribution in [0, 0.1) is 5.92 Å². The quantitative estimate of drug-likeness (QED) is 0.584. The lowest BCUT2D eigenvalue weighted by atomic mass is 9.90. The second kappa shape index (κ2) is 8.35. The van der Waals surface area contributed by atoms with Crippen molar-refractivity contribution in [3.8, 4) is 0 Å². The zero-order valence-electron chi connectivity index (χ0n) is 17.6. The Kier molecular flexibility index (Phi) is 5.36. The fraction of sp³-hybridized carbons (Fsp3) is 0.160. The summed E-state index contributed by atoms with van der Waals surface area (Å²) in [7, 11) is 0. The topological polar surface area (TPSA) is 79.0 Å². The standard InChI is InChI=1S/C25H20ClN3O4/c1-15(30)27-17-13-11-16(12-14-17)22-21-23(33-29(22)18-7-3-2-4-8-18)25(32)28(24(21)31)20-10-6-5-9-19(20)26/h2-14,21-23H,1H3,(H,27,30)/t21-,22+,23-/m0/s1. The van der Waals surface area contributed by atoms with E-state index in [0.717, 1.165) is 16.2 Å². The molecule has 2 fully saturated rings. The van der Waals surface area contributed by atoms with Crippen LogP contribution in [0.4, 0.5) is 17.1 Å². The maximum Gasteiger partial charge on any atom is 0.266 e. The van der Waals surface area contributed by atoms with Crippen LogP contribution < -0.4 is 15.3 Å². The molecular formula is C25H20ClN3O4. The van der Waals surface area contributed by atoms with Crippen LogP contribution in [-0.4, -0.2) is 23.8 Å². The second-order valence-corrected chi connectivity index (χ2v) is 8.33. The van der Waals surface area contributed by atoms with Crippen molar-refractivity contribution in [3.63, 3.8) is 0 Å². The molecule has 2 aliphatic rings. The number of halogens is 1. The molecule has 2 heterocycles. The summed E-state index contributed by atoms with van der Waals surface area (Å²) in [6.45, 7) is 1.44. The lowest BCUT2D eigenvalue weighted by molar-refractivity contribution is -0.126. The van der Waals surface area contributed by atoms with E-state index in [1.165, 1.54) is 6.92 Å². The molecule has 0 aliphatic carbocycles. The number of nitrogens with one attached hydrogen (secondary N) is 1. The minimum Gasteiger partial charge on any atom is -0.326 e. The van der Waals surface area contributed by atoms with Gasteiger partial charge in [-0.05, 0) is 42.0 Å². The Morgan fingerprint density at radius 2 is 1.58 bits per heavy atom. The van der Waals surface area contributed by atoms with E-state index in [1.54, 1.807) is 41.5 Å². The number of fused-ring (bicyclic) bond motifs is 1. The Bertz CT molecular complexity index is 1230. The molecule has 0 aromatic heterocycles. The van der Waals surface area contributed by atoms with Gasteiger partial charge in [0.25, 0.3) is 5.91 Å². The first kappa shape index (κ1) is 21.2. The minimum absolute atomic E-state index is 0.176. The van der Waals surface area contributed by atoms with Crippen molar-refractivity contribution in [2.75, 3.05) is 15.3 Å². The fourth-order valence-corrected chi connectivity index (χ4v) is 4.61. The predicted octanol–water partition coefficient (Wildman–Crippen LogP) is 4.35. The third-order valence-electron chi connectivity index (χ3n) is 5.79. The lowest BCUT2D eigenvalue weighted by Gasteiger charge is -2.29. The summed E-state index contributed by atoms with van der Waals surface area (Å²) in [6.07, 6.45) is -0.978. The van der Waals surface area contributed by atoms with Crippen LogP contribution >= 0.6 is 11.6 Å².